The van der Waals surface area contributed by atoms with Crippen molar-refractivity contribution in [3.05, 3.63) is 23.0 Å². The Morgan fingerprint density at radius 3 is 2.94 bits per heavy atom. The minimum absolute atomic E-state index is 0.181. The van der Waals surface area contributed by atoms with Crippen LogP contribution >= 0.6 is 0 Å². The van der Waals surface area contributed by atoms with E-state index in [1.165, 1.54) is 0 Å². The van der Waals surface area contributed by atoms with Crippen LogP contribution in [0.5, 0.6) is 0 Å². The maximum atomic E-state index is 11.6. The number of hydrogen-bond donors (Lipinski definition) is 1. The van der Waals surface area contributed by atoms with Gasteiger partial charge in [-0.2, -0.15) is 0 Å². The Morgan fingerprint density at radius 1 is 1.50 bits per heavy atom. The summed E-state index contributed by atoms with van der Waals surface area (Å²) in [6, 6.07) is 0. The molecule has 2 aliphatic carbocycles. The van der Waals surface area contributed by atoms with Crippen molar-refractivity contribution in [1.29, 1.82) is 0 Å². The monoisotopic (exact) mass is 248 g/mol. The summed E-state index contributed by atoms with van der Waals surface area (Å²) in [5.74, 6) is 0.798. The van der Waals surface area contributed by atoms with Gasteiger partial charge in [-0.1, -0.05) is 13.8 Å². The molecule has 0 aromatic carbocycles. The van der Waals surface area contributed by atoms with Crippen LogP contribution in [-0.2, 0) is 9.53 Å². The van der Waals surface area contributed by atoms with Crippen LogP contribution in [0.2, 0.25) is 0 Å². The third-order valence-electron chi connectivity index (χ3n) is 5.44. The molecule has 1 N–H and O–H groups in total. The summed E-state index contributed by atoms with van der Waals surface area (Å²) < 4.78 is 5.26. The number of esters is 1. The first kappa shape index (κ1) is 12.0. The van der Waals surface area contributed by atoms with Crippen molar-refractivity contribution in [3.8, 4) is 0 Å². The third kappa shape index (κ3) is 1.31. The van der Waals surface area contributed by atoms with E-state index in [9.17, 15) is 9.90 Å². The van der Waals surface area contributed by atoms with Crippen molar-refractivity contribution >= 4 is 5.97 Å². The highest BCUT2D eigenvalue weighted by atomic mass is 16.5. The lowest BCUT2D eigenvalue weighted by Gasteiger charge is -2.53. The van der Waals surface area contributed by atoms with Gasteiger partial charge in [-0.15, -0.1) is 0 Å². The molecule has 0 spiro atoms. The lowest BCUT2D eigenvalue weighted by molar-refractivity contribution is -0.134. The number of hydrogen-bond acceptors (Lipinski definition) is 3. The Morgan fingerprint density at radius 2 is 2.22 bits per heavy atom. The largest absolute Gasteiger partial charge is 0.423 e. The van der Waals surface area contributed by atoms with E-state index in [1.807, 2.05) is 6.92 Å². The minimum atomic E-state index is -0.825. The normalized spacial score (nSPS) is 43.2. The molecule has 0 radical (unpaired) electrons. The molecular formula is C15H20O3. The SMILES string of the molecule is CC1=C2C[C@]3(C)[C@@H](C)CCC[C@]3(O)C=C2OC1=O. The van der Waals surface area contributed by atoms with Gasteiger partial charge in [-0.25, -0.2) is 4.79 Å². The van der Waals surface area contributed by atoms with Crippen molar-refractivity contribution in [2.45, 2.75) is 52.1 Å². The van der Waals surface area contributed by atoms with Crippen LogP contribution in [0.4, 0.5) is 0 Å². The molecule has 1 aliphatic heterocycles. The van der Waals surface area contributed by atoms with Crippen LogP contribution in [0, 0.1) is 11.3 Å². The number of ether oxygens (including phenoxy) is 1. The molecule has 1 saturated carbocycles. The van der Waals surface area contributed by atoms with Gasteiger partial charge >= 0.3 is 5.97 Å². The maximum Gasteiger partial charge on any atom is 0.339 e. The minimum Gasteiger partial charge on any atom is -0.423 e. The Labute approximate surface area is 108 Å². The van der Waals surface area contributed by atoms with Crippen LogP contribution in [0.25, 0.3) is 0 Å². The van der Waals surface area contributed by atoms with Gasteiger partial charge in [0.2, 0.25) is 0 Å². The summed E-state index contributed by atoms with van der Waals surface area (Å²) in [7, 11) is 0. The molecule has 98 valence electrons. The molecule has 0 aromatic heterocycles. The van der Waals surface area contributed by atoms with Crippen molar-refractivity contribution in [2.75, 3.05) is 0 Å². The summed E-state index contributed by atoms with van der Waals surface area (Å²) in [6.07, 6.45) is 5.48. The third-order valence-corrected chi connectivity index (χ3v) is 5.44. The zero-order valence-corrected chi connectivity index (χ0v) is 11.2. The van der Waals surface area contributed by atoms with Gasteiger partial charge in [0.05, 0.1) is 5.60 Å². The molecule has 0 aromatic rings. The zero-order valence-electron chi connectivity index (χ0n) is 11.2. The highest BCUT2D eigenvalue weighted by Gasteiger charge is 2.55. The van der Waals surface area contributed by atoms with Gasteiger partial charge in [0.15, 0.2) is 0 Å². The Hall–Kier alpha value is -1.09. The molecule has 1 fully saturated rings. The second kappa shape index (κ2) is 3.47. The van der Waals surface area contributed by atoms with Crippen LogP contribution in [0.1, 0.15) is 46.5 Å². The summed E-state index contributed by atoms with van der Waals surface area (Å²) >= 11 is 0. The van der Waals surface area contributed by atoms with Gasteiger partial charge in [0, 0.05) is 16.6 Å². The highest BCUT2D eigenvalue weighted by molar-refractivity contribution is 5.94. The Kier molecular flexibility index (Phi) is 2.31. The van der Waals surface area contributed by atoms with Crippen LogP contribution in [0.15, 0.2) is 23.0 Å². The molecule has 0 bridgehead atoms. The lowest BCUT2D eigenvalue weighted by Crippen LogP contribution is -2.53. The Balaban J connectivity index is 2.14. The molecule has 0 saturated heterocycles. The van der Waals surface area contributed by atoms with Crippen LogP contribution < -0.4 is 0 Å². The van der Waals surface area contributed by atoms with Crippen molar-refractivity contribution < 1.29 is 14.6 Å². The number of carbonyl (C=O) groups is 1. The summed E-state index contributed by atoms with van der Waals surface area (Å²) in [5, 5.41) is 11.0. The number of aliphatic hydroxyl groups is 1. The van der Waals surface area contributed by atoms with E-state index in [0.29, 0.717) is 17.3 Å². The average Bonchev–Trinajstić information content (AvgIpc) is 2.55. The smallest absolute Gasteiger partial charge is 0.339 e. The molecule has 1 heterocycles. The fourth-order valence-corrected chi connectivity index (χ4v) is 3.74. The molecule has 18 heavy (non-hydrogen) atoms. The molecule has 0 amide bonds. The fraction of sp³-hybridized carbons (Fsp3) is 0.667. The lowest BCUT2D eigenvalue weighted by atomic mass is 9.54. The first-order chi connectivity index (χ1) is 8.37. The molecular weight excluding hydrogens is 228 g/mol. The first-order valence-electron chi connectivity index (χ1n) is 6.75. The number of carbonyl (C=O) groups excluding carboxylic acids is 1. The summed E-state index contributed by atoms with van der Waals surface area (Å²) in [5.41, 5.74) is 0.705. The van der Waals surface area contributed by atoms with Gasteiger partial charge in [-0.05, 0) is 44.6 Å². The van der Waals surface area contributed by atoms with Crippen LogP contribution in [0.3, 0.4) is 0 Å². The second-order valence-corrected chi connectivity index (χ2v) is 6.31. The molecule has 3 nitrogen and oxygen atoms in total. The van der Waals surface area contributed by atoms with Gasteiger partial charge < -0.3 is 9.84 Å². The first-order valence-corrected chi connectivity index (χ1v) is 6.75. The predicted octanol–water partition coefficient (Wildman–Crippen LogP) is 2.70. The van der Waals surface area contributed by atoms with Gasteiger partial charge in [-0.3, -0.25) is 0 Å². The van der Waals surface area contributed by atoms with E-state index in [2.05, 4.69) is 13.8 Å². The van der Waals surface area contributed by atoms with E-state index in [-0.39, 0.29) is 11.4 Å². The topological polar surface area (TPSA) is 46.5 Å². The van der Waals surface area contributed by atoms with Crippen molar-refractivity contribution in [2.24, 2.45) is 11.3 Å². The van der Waals surface area contributed by atoms with Gasteiger partial charge in [0.25, 0.3) is 0 Å². The summed E-state index contributed by atoms with van der Waals surface area (Å²) in [6.45, 7) is 6.17. The quantitative estimate of drug-likeness (QED) is 0.670. The fourth-order valence-electron chi connectivity index (χ4n) is 3.74. The molecule has 3 aliphatic rings. The molecule has 0 unspecified atom stereocenters. The number of fused-ring (bicyclic) bond motifs is 2. The predicted molar refractivity (Wildman–Crippen MR) is 67.6 cm³/mol. The zero-order chi connectivity index (χ0) is 13.1. The molecule has 3 atom stereocenters. The van der Waals surface area contributed by atoms with Crippen molar-refractivity contribution in [3.63, 3.8) is 0 Å². The number of rotatable bonds is 0. The van der Waals surface area contributed by atoms with Crippen LogP contribution in [-0.4, -0.2) is 16.7 Å². The maximum absolute atomic E-state index is 11.6. The number of allylic oxidation sites excluding steroid dienone is 1. The van der Waals surface area contributed by atoms with Gasteiger partial charge in [0.1, 0.15) is 5.76 Å². The van der Waals surface area contributed by atoms with E-state index < -0.39 is 5.60 Å². The van der Waals surface area contributed by atoms with E-state index in [0.717, 1.165) is 31.3 Å². The van der Waals surface area contributed by atoms with E-state index >= 15 is 0 Å². The molecule has 3 heteroatoms. The average molecular weight is 248 g/mol. The highest BCUT2D eigenvalue weighted by Crippen LogP contribution is 2.57. The van der Waals surface area contributed by atoms with Crippen molar-refractivity contribution in [1.82, 2.24) is 0 Å². The summed E-state index contributed by atoms with van der Waals surface area (Å²) in [4.78, 5) is 11.6. The Bertz CT molecular complexity index is 488. The van der Waals surface area contributed by atoms with E-state index in [1.54, 1.807) is 6.08 Å². The van der Waals surface area contributed by atoms with E-state index in [4.69, 9.17) is 4.74 Å². The second-order valence-electron chi connectivity index (χ2n) is 6.31. The molecule has 3 rings (SSSR count). The standard InChI is InChI=1S/C15H20O3/c1-9-5-4-6-15(17)8-12-11(7-14(9,15)3)10(2)13(16)18-12/h8-9,17H,4-7H2,1-3H3/t9-,14+,15-/m0/s1.